The van der Waals surface area contributed by atoms with Crippen molar-refractivity contribution in [3.8, 4) is 5.75 Å². The zero-order valence-electron chi connectivity index (χ0n) is 15.9. The first-order valence-corrected chi connectivity index (χ1v) is 8.40. The first kappa shape index (κ1) is 20.7. The summed E-state index contributed by atoms with van der Waals surface area (Å²) in [6, 6.07) is 6.01. The molecule has 0 spiro atoms. The molecule has 0 aliphatic rings. The average molecular weight is 376 g/mol. The van der Waals surface area contributed by atoms with Crippen molar-refractivity contribution in [2.75, 3.05) is 7.11 Å². The van der Waals surface area contributed by atoms with Gasteiger partial charge in [0.15, 0.2) is 0 Å². The predicted octanol–water partition coefficient (Wildman–Crippen LogP) is 2.44. The number of carboxylic acids is 1. The fourth-order valence-corrected chi connectivity index (χ4v) is 2.98. The molecule has 0 saturated carbocycles. The number of ether oxygens (including phenoxy) is 1. The van der Waals surface area contributed by atoms with Gasteiger partial charge in [0.25, 0.3) is 0 Å². The van der Waals surface area contributed by atoms with Crippen molar-refractivity contribution in [3.63, 3.8) is 0 Å². The van der Waals surface area contributed by atoms with E-state index in [2.05, 4.69) is 0 Å². The third-order valence-corrected chi connectivity index (χ3v) is 4.73. The number of fused-ring (bicyclic) bond motifs is 1. The second-order valence-corrected chi connectivity index (χ2v) is 7.08. The minimum Gasteiger partial charge on any atom is -0.496 e. The quantitative estimate of drug-likeness (QED) is 0.523. The lowest BCUT2D eigenvalue weighted by atomic mass is 9.78. The van der Waals surface area contributed by atoms with Crippen LogP contribution in [-0.4, -0.2) is 40.1 Å². The van der Waals surface area contributed by atoms with Gasteiger partial charge in [0.2, 0.25) is 0 Å². The maximum Gasteiger partial charge on any atom is 0.336 e. The summed E-state index contributed by atoms with van der Waals surface area (Å²) in [5.41, 5.74) is -0.795. The van der Waals surface area contributed by atoms with Crippen LogP contribution in [0.15, 0.2) is 44.6 Å². The highest BCUT2D eigenvalue weighted by atomic mass is 16.5. The number of rotatable bonds is 6. The highest BCUT2D eigenvalue weighted by Gasteiger charge is 2.37. The van der Waals surface area contributed by atoms with Gasteiger partial charge in [0.05, 0.1) is 18.8 Å². The first-order chi connectivity index (χ1) is 12.5. The summed E-state index contributed by atoms with van der Waals surface area (Å²) >= 11 is 0. The van der Waals surface area contributed by atoms with Crippen LogP contribution in [0.1, 0.15) is 39.2 Å². The van der Waals surface area contributed by atoms with Gasteiger partial charge in [0.1, 0.15) is 11.3 Å². The third kappa shape index (κ3) is 4.20. The molecule has 1 aromatic heterocycles. The van der Waals surface area contributed by atoms with Crippen LogP contribution in [0.5, 0.6) is 5.75 Å². The van der Waals surface area contributed by atoms with E-state index in [0.29, 0.717) is 27.9 Å². The van der Waals surface area contributed by atoms with Crippen molar-refractivity contribution >= 4 is 16.9 Å². The number of carboxylic acid groups (broad SMARTS) is 1. The van der Waals surface area contributed by atoms with E-state index < -0.39 is 29.2 Å². The van der Waals surface area contributed by atoms with Crippen molar-refractivity contribution in [3.05, 3.63) is 51.4 Å². The normalized spacial score (nSPS) is 15.2. The number of aliphatic carboxylic acids is 1. The number of methoxy groups -OCH3 is 1. The summed E-state index contributed by atoms with van der Waals surface area (Å²) < 4.78 is 10.6. The van der Waals surface area contributed by atoms with E-state index in [9.17, 15) is 24.9 Å². The Morgan fingerprint density at radius 2 is 1.85 bits per heavy atom. The van der Waals surface area contributed by atoms with Crippen LogP contribution in [0.25, 0.3) is 11.0 Å². The molecule has 0 saturated heterocycles. The lowest BCUT2D eigenvalue weighted by Gasteiger charge is -2.34. The van der Waals surface area contributed by atoms with Gasteiger partial charge in [-0.1, -0.05) is 5.57 Å². The lowest BCUT2D eigenvalue weighted by Crippen LogP contribution is -2.41. The van der Waals surface area contributed by atoms with Gasteiger partial charge in [0, 0.05) is 34.6 Å². The Hall–Kier alpha value is -2.64. The number of aliphatic hydroxyl groups excluding tert-OH is 1. The topological polar surface area (TPSA) is 117 Å². The molecule has 2 rings (SSSR count). The Bertz CT molecular complexity index is 947. The van der Waals surface area contributed by atoms with Crippen LogP contribution in [0.4, 0.5) is 0 Å². The SMILES string of the molecule is COc1cc2oc(=O)ccc2cc1[C@@H](/C(C)=C(/C)C(=O)O)[C@@H](O)C(C)(C)O. The van der Waals surface area contributed by atoms with Gasteiger partial charge in [-0.25, -0.2) is 9.59 Å². The van der Waals surface area contributed by atoms with E-state index >= 15 is 0 Å². The molecule has 146 valence electrons. The van der Waals surface area contributed by atoms with E-state index in [4.69, 9.17) is 9.15 Å². The van der Waals surface area contributed by atoms with Crippen molar-refractivity contribution < 1.29 is 29.3 Å². The van der Waals surface area contributed by atoms with Gasteiger partial charge in [-0.15, -0.1) is 0 Å². The molecule has 0 bridgehead atoms. The minimum atomic E-state index is -1.51. The summed E-state index contributed by atoms with van der Waals surface area (Å²) in [5, 5.41) is 31.2. The molecule has 27 heavy (non-hydrogen) atoms. The Morgan fingerprint density at radius 3 is 2.37 bits per heavy atom. The Balaban J connectivity index is 2.82. The highest BCUT2D eigenvalue weighted by Crippen LogP contribution is 2.40. The summed E-state index contributed by atoms with van der Waals surface area (Å²) in [6.07, 6.45) is -1.31. The van der Waals surface area contributed by atoms with Gasteiger partial charge in [-0.2, -0.15) is 0 Å². The van der Waals surface area contributed by atoms with Crippen LogP contribution < -0.4 is 10.4 Å². The monoisotopic (exact) mass is 376 g/mol. The molecule has 2 atom stereocenters. The second-order valence-electron chi connectivity index (χ2n) is 7.08. The molecule has 7 nitrogen and oxygen atoms in total. The van der Waals surface area contributed by atoms with E-state index in [1.165, 1.54) is 40.0 Å². The van der Waals surface area contributed by atoms with Crippen molar-refractivity contribution in [2.24, 2.45) is 0 Å². The van der Waals surface area contributed by atoms with E-state index in [1.54, 1.807) is 19.1 Å². The molecule has 2 aromatic rings. The zero-order valence-corrected chi connectivity index (χ0v) is 15.9. The highest BCUT2D eigenvalue weighted by molar-refractivity contribution is 5.87. The maximum atomic E-state index is 11.5. The molecule has 0 radical (unpaired) electrons. The van der Waals surface area contributed by atoms with Gasteiger partial charge in [-0.05, 0) is 39.8 Å². The van der Waals surface area contributed by atoms with Crippen LogP contribution >= 0.6 is 0 Å². The molecule has 1 aromatic carbocycles. The number of aliphatic hydroxyl groups is 2. The molecule has 3 N–H and O–H groups in total. The van der Waals surface area contributed by atoms with Crippen LogP contribution in [-0.2, 0) is 4.79 Å². The number of hydrogen-bond donors (Lipinski definition) is 3. The van der Waals surface area contributed by atoms with Crippen LogP contribution in [0, 0.1) is 0 Å². The zero-order chi connectivity index (χ0) is 20.5. The first-order valence-electron chi connectivity index (χ1n) is 8.40. The molecule has 0 aliphatic heterocycles. The molecule has 1 heterocycles. The van der Waals surface area contributed by atoms with Crippen LogP contribution in [0.2, 0.25) is 0 Å². The maximum absolute atomic E-state index is 11.5. The molecule has 0 amide bonds. The van der Waals surface area contributed by atoms with Crippen molar-refractivity contribution in [1.29, 1.82) is 0 Å². The molecule has 0 fully saturated rings. The summed E-state index contributed by atoms with van der Waals surface area (Å²) in [6.45, 7) is 5.92. The Kier molecular flexibility index (Phi) is 5.77. The average Bonchev–Trinajstić information content (AvgIpc) is 2.59. The van der Waals surface area contributed by atoms with Crippen molar-refractivity contribution in [2.45, 2.75) is 45.3 Å². The van der Waals surface area contributed by atoms with Gasteiger partial charge < -0.3 is 24.5 Å². The van der Waals surface area contributed by atoms with Gasteiger partial charge >= 0.3 is 11.6 Å². The van der Waals surface area contributed by atoms with Crippen molar-refractivity contribution in [1.82, 2.24) is 0 Å². The fraction of sp³-hybridized carbons (Fsp3) is 0.400. The smallest absolute Gasteiger partial charge is 0.336 e. The Labute approximate surface area is 156 Å². The predicted molar refractivity (Wildman–Crippen MR) is 100 cm³/mol. The van der Waals surface area contributed by atoms with Crippen LogP contribution in [0.3, 0.4) is 0 Å². The molecular formula is C20H24O7. The molecule has 0 aliphatic carbocycles. The molecular weight excluding hydrogens is 352 g/mol. The third-order valence-electron chi connectivity index (χ3n) is 4.73. The second kappa shape index (κ2) is 7.54. The number of carbonyl (C=O) groups is 1. The fourth-order valence-electron chi connectivity index (χ4n) is 2.98. The summed E-state index contributed by atoms with van der Waals surface area (Å²) in [7, 11) is 1.42. The lowest BCUT2D eigenvalue weighted by molar-refractivity contribution is -0.132. The number of hydrogen-bond acceptors (Lipinski definition) is 6. The summed E-state index contributed by atoms with van der Waals surface area (Å²) in [5.74, 6) is -1.67. The van der Waals surface area contributed by atoms with E-state index in [1.807, 2.05) is 0 Å². The Morgan fingerprint density at radius 1 is 1.22 bits per heavy atom. The largest absolute Gasteiger partial charge is 0.496 e. The standard InChI is InChI=1S/C20H24O7/c1-10(11(2)19(23)24)17(18(22)20(3,4)25)13-8-12-6-7-16(21)27-14(12)9-15(13)26-5/h6-9,17-18,22,25H,1-5H3,(H,23,24)/b11-10-/t17-,18-/m1/s1. The summed E-state index contributed by atoms with van der Waals surface area (Å²) in [4.78, 5) is 22.9. The van der Waals surface area contributed by atoms with E-state index in [-0.39, 0.29) is 5.57 Å². The molecule has 7 heteroatoms. The number of benzene rings is 1. The van der Waals surface area contributed by atoms with Gasteiger partial charge in [-0.3, -0.25) is 0 Å². The van der Waals surface area contributed by atoms with E-state index in [0.717, 1.165) is 0 Å². The molecule has 0 unspecified atom stereocenters. The minimum absolute atomic E-state index is 0.0602.